The molecule has 1 aliphatic heterocycles. The summed E-state index contributed by atoms with van der Waals surface area (Å²) in [5, 5.41) is 5.64. The minimum absolute atomic E-state index is 0.0909. The zero-order valence-electron chi connectivity index (χ0n) is 9.24. The molecule has 1 fully saturated rings. The quantitative estimate of drug-likeness (QED) is 0.419. The van der Waals surface area contributed by atoms with E-state index in [0.29, 0.717) is 10.8 Å². The normalized spacial score (nSPS) is 20.5. The highest BCUT2D eigenvalue weighted by atomic mass is 127. The molecule has 2 aromatic rings. The summed E-state index contributed by atoms with van der Waals surface area (Å²) in [6, 6.07) is 0. The van der Waals surface area contributed by atoms with Gasteiger partial charge in [0.2, 0.25) is 5.28 Å². The number of halogens is 3. The molecule has 0 bridgehead atoms. The zero-order chi connectivity index (χ0) is 12.7. The van der Waals surface area contributed by atoms with E-state index in [0.717, 1.165) is 35.0 Å². The lowest BCUT2D eigenvalue weighted by molar-refractivity contribution is -0.0372. The number of aromatic nitrogens is 4. The molecule has 0 amide bonds. The van der Waals surface area contributed by atoms with E-state index in [-0.39, 0.29) is 11.5 Å². The third kappa shape index (κ3) is 2.19. The fraction of sp³-hybridized carbons (Fsp3) is 0.500. The molecule has 1 atom stereocenters. The average Bonchev–Trinajstić information content (AvgIpc) is 2.67. The minimum Gasteiger partial charge on any atom is -0.356 e. The van der Waals surface area contributed by atoms with Crippen molar-refractivity contribution in [3.8, 4) is 0 Å². The molecule has 3 rings (SSSR count). The van der Waals surface area contributed by atoms with Gasteiger partial charge in [-0.2, -0.15) is 10.1 Å². The Morgan fingerprint density at radius 2 is 2.11 bits per heavy atom. The topological polar surface area (TPSA) is 52.8 Å². The molecule has 96 valence electrons. The highest BCUT2D eigenvalue weighted by Gasteiger charge is 2.23. The van der Waals surface area contributed by atoms with Crippen molar-refractivity contribution in [2.24, 2.45) is 0 Å². The van der Waals surface area contributed by atoms with Crippen molar-refractivity contribution in [1.82, 2.24) is 19.7 Å². The van der Waals surface area contributed by atoms with Crippen LogP contribution in [0.2, 0.25) is 10.4 Å². The fourth-order valence-electron chi connectivity index (χ4n) is 2.05. The van der Waals surface area contributed by atoms with Gasteiger partial charge in [-0.25, -0.2) is 9.67 Å². The smallest absolute Gasteiger partial charge is 0.225 e. The van der Waals surface area contributed by atoms with Crippen molar-refractivity contribution in [2.75, 3.05) is 6.61 Å². The van der Waals surface area contributed by atoms with Crippen LogP contribution in [0.5, 0.6) is 0 Å². The van der Waals surface area contributed by atoms with E-state index in [4.69, 9.17) is 27.9 Å². The predicted octanol–water partition coefficient (Wildman–Crippen LogP) is 3.44. The van der Waals surface area contributed by atoms with E-state index in [2.05, 4.69) is 37.7 Å². The Balaban J connectivity index is 2.17. The molecule has 0 N–H and O–H groups in total. The lowest BCUT2D eigenvalue weighted by Crippen LogP contribution is -2.19. The highest BCUT2D eigenvalue weighted by Crippen LogP contribution is 2.31. The SMILES string of the molecule is Clc1nc(Cl)c2c(I)nn(C3CCCCO3)c2n1. The largest absolute Gasteiger partial charge is 0.356 e. The molecule has 8 heteroatoms. The summed E-state index contributed by atoms with van der Waals surface area (Å²) >= 11 is 14.1. The van der Waals surface area contributed by atoms with Crippen LogP contribution in [-0.4, -0.2) is 26.4 Å². The van der Waals surface area contributed by atoms with Crippen LogP contribution >= 0.6 is 45.8 Å². The standard InChI is InChI=1S/C10H9Cl2IN4O/c11-7-6-8(13)16-17(5-3-1-2-4-18-5)9(6)15-10(12)14-7/h5H,1-4H2. The number of fused-ring (bicyclic) bond motifs is 1. The van der Waals surface area contributed by atoms with Gasteiger partial charge in [0, 0.05) is 6.61 Å². The monoisotopic (exact) mass is 398 g/mol. The first-order chi connectivity index (χ1) is 8.66. The number of ether oxygens (including phenoxy) is 1. The first-order valence-corrected chi connectivity index (χ1v) is 7.38. The van der Waals surface area contributed by atoms with Crippen LogP contribution in [0.15, 0.2) is 0 Å². The van der Waals surface area contributed by atoms with Crippen molar-refractivity contribution < 1.29 is 4.74 Å². The Morgan fingerprint density at radius 3 is 2.83 bits per heavy atom. The molecule has 0 radical (unpaired) electrons. The molecule has 0 spiro atoms. The first kappa shape index (κ1) is 12.8. The summed E-state index contributed by atoms with van der Waals surface area (Å²) in [4.78, 5) is 8.16. The third-order valence-electron chi connectivity index (χ3n) is 2.87. The second kappa shape index (κ2) is 5.07. The van der Waals surface area contributed by atoms with E-state index in [1.165, 1.54) is 0 Å². The summed E-state index contributed by atoms with van der Waals surface area (Å²) in [7, 11) is 0. The van der Waals surface area contributed by atoms with Crippen LogP contribution in [0, 0.1) is 3.70 Å². The van der Waals surface area contributed by atoms with Gasteiger partial charge in [-0.15, -0.1) is 0 Å². The average molecular weight is 399 g/mol. The number of hydrogen-bond acceptors (Lipinski definition) is 4. The van der Waals surface area contributed by atoms with Gasteiger partial charge < -0.3 is 4.74 Å². The van der Waals surface area contributed by atoms with Gasteiger partial charge in [0.1, 0.15) is 8.85 Å². The lowest BCUT2D eigenvalue weighted by Gasteiger charge is -2.22. The van der Waals surface area contributed by atoms with E-state index < -0.39 is 0 Å². The van der Waals surface area contributed by atoms with Crippen LogP contribution in [0.3, 0.4) is 0 Å². The van der Waals surface area contributed by atoms with Crippen LogP contribution in [0.4, 0.5) is 0 Å². The Hall–Kier alpha value is -0.180. The van der Waals surface area contributed by atoms with Gasteiger partial charge in [-0.05, 0) is 53.5 Å². The molecule has 1 saturated heterocycles. The van der Waals surface area contributed by atoms with Crippen molar-refractivity contribution in [3.63, 3.8) is 0 Å². The van der Waals surface area contributed by atoms with E-state index in [9.17, 15) is 0 Å². The van der Waals surface area contributed by atoms with Gasteiger partial charge in [0.05, 0.1) is 5.39 Å². The maximum atomic E-state index is 6.09. The lowest BCUT2D eigenvalue weighted by atomic mass is 10.2. The molecule has 0 saturated carbocycles. The van der Waals surface area contributed by atoms with Crippen LogP contribution in [0.25, 0.3) is 11.0 Å². The molecule has 2 aromatic heterocycles. The summed E-state index contributed by atoms with van der Waals surface area (Å²) in [6.45, 7) is 0.745. The molecule has 1 unspecified atom stereocenters. The second-order valence-electron chi connectivity index (χ2n) is 4.04. The molecular weight excluding hydrogens is 390 g/mol. The van der Waals surface area contributed by atoms with Crippen molar-refractivity contribution in [1.29, 1.82) is 0 Å². The van der Waals surface area contributed by atoms with E-state index >= 15 is 0 Å². The molecule has 3 heterocycles. The number of hydrogen-bond donors (Lipinski definition) is 0. The molecule has 1 aliphatic rings. The molecule has 5 nitrogen and oxygen atoms in total. The summed E-state index contributed by atoms with van der Waals surface area (Å²) < 4.78 is 8.24. The summed E-state index contributed by atoms with van der Waals surface area (Å²) in [5.41, 5.74) is 0.635. The summed E-state index contributed by atoms with van der Waals surface area (Å²) in [6.07, 6.45) is 3.04. The van der Waals surface area contributed by atoms with Gasteiger partial charge in [0.25, 0.3) is 0 Å². The van der Waals surface area contributed by atoms with Crippen LogP contribution in [0.1, 0.15) is 25.5 Å². The van der Waals surface area contributed by atoms with Crippen molar-refractivity contribution in [2.45, 2.75) is 25.5 Å². The third-order valence-corrected chi connectivity index (χ3v) is 4.06. The Bertz CT molecular complexity index is 597. The molecule has 0 aliphatic carbocycles. The maximum Gasteiger partial charge on any atom is 0.225 e. The van der Waals surface area contributed by atoms with Gasteiger partial charge in [-0.1, -0.05) is 11.6 Å². The Morgan fingerprint density at radius 1 is 1.28 bits per heavy atom. The van der Waals surface area contributed by atoms with E-state index in [1.54, 1.807) is 4.68 Å². The van der Waals surface area contributed by atoms with Gasteiger partial charge >= 0.3 is 0 Å². The second-order valence-corrected chi connectivity index (χ2v) is 5.76. The number of nitrogens with zero attached hydrogens (tertiary/aromatic N) is 4. The molecular formula is C10H9Cl2IN4O. The van der Waals surface area contributed by atoms with E-state index in [1.807, 2.05) is 0 Å². The highest BCUT2D eigenvalue weighted by molar-refractivity contribution is 14.1. The zero-order valence-corrected chi connectivity index (χ0v) is 12.9. The van der Waals surface area contributed by atoms with Crippen LogP contribution < -0.4 is 0 Å². The summed E-state index contributed by atoms with van der Waals surface area (Å²) in [5.74, 6) is 0. The Labute approximate surface area is 127 Å². The fourth-order valence-corrected chi connectivity index (χ4v) is 3.40. The van der Waals surface area contributed by atoms with Crippen LogP contribution in [-0.2, 0) is 4.74 Å². The molecule has 18 heavy (non-hydrogen) atoms. The number of rotatable bonds is 1. The molecule has 0 aromatic carbocycles. The predicted molar refractivity (Wildman–Crippen MR) is 76.9 cm³/mol. The van der Waals surface area contributed by atoms with Crippen molar-refractivity contribution >= 4 is 56.8 Å². The van der Waals surface area contributed by atoms with Gasteiger partial charge in [0.15, 0.2) is 11.9 Å². The van der Waals surface area contributed by atoms with Crippen molar-refractivity contribution in [3.05, 3.63) is 14.1 Å². The van der Waals surface area contributed by atoms with Gasteiger partial charge in [-0.3, -0.25) is 0 Å². The minimum atomic E-state index is -0.0909. The Kier molecular flexibility index (Phi) is 3.61. The maximum absolute atomic E-state index is 6.09. The first-order valence-electron chi connectivity index (χ1n) is 5.55.